The fourth-order valence-electron chi connectivity index (χ4n) is 3.51. The van der Waals surface area contributed by atoms with Crippen LogP contribution in [0.25, 0.3) is 0 Å². The van der Waals surface area contributed by atoms with Crippen LogP contribution in [0.2, 0.25) is 0 Å². The Morgan fingerprint density at radius 2 is 1.10 bits per heavy atom. The van der Waals surface area contributed by atoms with E-state index >= 15 is 0 Å². The SMILES string of the molecule is CO[Si](CN1CCC(C)CC1)(CN1CCC(C)CC1)OC. The van der Waals surface area contributed by atoms with Crippen molar-refractivity contribution in [2.24, 2.45) is 11.8 Å². The van der Waals surface area contributed by atoms with Gasteiger partial charge in [-0.2, -0.15) is 0 Å². The maximum atomic E-state index is 5.98. The second kappa shape index (κ2) is 8.06. The van der Waals surface area contributed by atoms with Gasteiger partial charge in [0.2, 0.25) is 0 Å². The molecule has 4 nitrogen and oxygen atoms in total. The molecule has 0 saturated carbocycles. The summed E-state index contributed by atoms with van der Waals surface area (Å²) in [6, 6.07) is 0. The summed E-state index contributed by atoms with van der Waals surface area (Å²) in [6.45, 7) is 9.56. The molecule has 2 aliphatic heterocycles. The number of hydrogen-bond acceptors (Lipinski definition) is 4. The lowest BCUT2D eigenvalue weighted by Crippen LogP contribution is -2.60. The van der Waals surface area contributed by atoms with Crippen LogP contribution in [-0.4, -0.2) is 71.1 Å². The molecule has 0 bridgehead atoms. The third-order valence-electron chi connectivity index (χ3n) is 5.43. The molecule has 2 aliphatic rings. The van der Waals surface area contributed by atoms with Gasteiger partial charge >= 0.3 is 8.56 Å². The second-order valence-corrected chi connectivity index (χ2v) is 10.5. The van der Waals surface area contributed by atoms with Gasteiger partial charge < -0.3 is 18.7 Å². The number of piperidine rings is 2. The van der Waals surface area contributed by atoms with Gasteiger partial charge in [0.05, 0.1) is 0 Å². The third kappa shape index (κ3) is 5.03. The number of nitrogens with zero attached hydrogens (tertiary/aromatic N) is 2. The Labute approximate surface area is 132 Å². The Bertz CT molecular complexity index is 271. The molecular weight excluding hydrogens is 280 g/mol. The lowest BCUT2D eigenvalue weighted by molar-refractivity contribution is 0.142. The molecule has 0 amide bonds. The van der Waals surface area contributed by atoms with Crippen molar-refractivity contribution in [3.63, 3.8) is 0 Å². The quantitative estimate of drug-likeness (QED) is 0.702. The average Bonchev–Trinajstić information content (AvgIpc) is 2.51. The monoisotopic (exact) mass is 314 g/mol. The first-order valence-corrected chi connectivity index (χ1v) is 10.8. The molecule has 2 heterocycles. The number of likely N-dealkylation sites (tertiary alicyclic amines) is 2. The van der Waals surface area contributed by atoms with Gasteiger partial charge in [-0.15, -0.1) is 0 Å². The Morgan fingerprint density at radius 3 is 1.38 bits per heavy atom. The largest absolute Gasteiger partial charge is 0.396 e. The molecule has 0 N–H and O–H groups in total. The zero-order valence-electron chi connectivity index (χ0n) is 14.4. The zero-order valence-corrected chi connectivity index (χ0v) is 15.4. The molecule has 2 saturated heterocycles. The van der Waals surface area contributed by atoms with E-state index in [1.165, 1.54) is 51.9 Å². The van der Waals surface area contributed by atoms with E-state index in [1.54, 1.807) is 0 Å². The Hall–Kier alpha value is 0.0569. The van der Waals surface area contributed by atoms with Crippen molar-refractivity contribution < 1.29 is 8.85 Å². The van der Waals surface area contributed by atoms with Crippen LogP contribution in [0.5, 0.6) is 0 Å². The van der Waals surface area contributed by atoms with Crippen molar-refractivity contribution >= 4 is 8.56 Å². The second-order valence-electron chi connectivity index (χ2n) is 7.24. The fraction of sp³-hybridized carbons (Fsp3) is 1.00. The van der Waals surface area contributed by atoms with E-state index in [0.717, 1.165) is 24.2 Å². The van der Waals surface area contributed by atoms with Crippen molar-refractivity contribution in [3.8, 4) is 0 Å². The van der Waals surface area contributed by atoms with E-state index in [1.807, 2.05) is 14.2 Å². The van der Waals surface area contributed by atoms with Crippen molar-refractivity contribution in [2.45, 2.75) is 39.5 Å². The Kier molecular flexibility index (Phi) is 6.68. The molecule has 5 heteroatoms. The minimum Gasteiger partial charge on any atom is -0.396 e. The van der Waals surface area contributed by atoms with E-state index in [9.17, 15) is 0 Å². The van der Waals surface area contributed by atoms with Gasteiger partial charge in [-0.05, 0) is 63.7 Å². The predicted molar refractivity (Wildman–Crippen MR) is 89.4 cm³/mol. The summed E-state index contributed by atoms with van der Waals surface area (Å²) in [5.41, 5.74) is 0. The highest BCUT2D eigenvalue weighted by Crippen LogP contribution is 2.21. The van der Waals surface area contributed by atoms with Crippen LogP contribution in [0.1, 0.15) is 39.5 Å². The smallest absolute Gasteiger partial charge is 0.366 e. The molecular formula is C16H34N2O2Si. The number of hydrogen-bond donors (Lipinski definition) is 0. The highest BCUT2D eigenvalue weighted by Gasteiger charge is 2.40. The standard InChI is InChI=1S/C16H34N2O2Si/c1-15-5-9-17(10-6-15)13-21(19-3,20-4)14-18-11-7-16(2)8-12-18/h15-16H,5-14H2,1-4H3. The van der Waals surface area contributed by atoms with Gasteiger partial charge in [0.15, 0.2) is 0 Å². The lowest BCUT2D eigenvalue weighted by Gasteiger charge is -2.40. The van der Waals surface area contributed by atoms with Crippen molar-refractivity contribution in [1.29, 1.82) is 0 Å². The Morgan fingerprint density at radius 1 is 0.762 bits per heavy atom. The minimum atomic E-state index is -2.11. The van der Waals surface area contributed by atoms with Crippen LogP contribution in [-0.2, 0) is 8.85 Å². The summed E-state index contributed by atoms with van der Waals surface area (Å²) in [7, 11) is 1.60. The van der Waals surface area contributed by atoms with E-state index in [0.29, 0.717) is 0 Å². The lowest BCUT2D eigenvalue weighted by atomic mass is 10.00. The van der Waals surface area contributed by atoms with Gasteiger partial charge in [0.25, 0.3) is 0 Å². The van der Waals surface area contributed by atoms with E-state index < -0.39 is 8.56 Å². The molecule has 0 aromatic carbocycles. The summed E-state index contributed by atoms with van der Waals surface area (Å²) in [5.74, 6) is 1.76. The first-order valence-electron chi connectivity index (χ1n) is 8.62. The van der Waals surface area contributed by atoms with E-state index in [2.05, 4.69) is 23.6 Å². The molecule has 21 heavy (non-hydrogen) atoms. The highest BCUT2D eigenvalue weighted by atomic mass is 28.4. The summed E-state index contributed by atoms with van der Waals surface area (Å²) in [5, 5.41) is 0. The topological polar surface area (TPSA) is 24.9 Å². The highest BCUT2D eigenvalue weighted by molar-refractivity contribution is 6.67. The van der Waals surface area contributed by atoms with Gasteiger partial charge in [-0.3, -0.25) is 0 Å². The van der Waals surface area contributed by atoms with Gasteiger partial charge in [0, 0.05) is 26.6 Å². The van der Waals surface area contributed by atoms with Gasteiger partial charge in [-0.25, -0.2) is 0 Å². The van der Waals surface area contributed by atoms with Crippen LogP contribution >= 0.6 is 0 Å². The molecule has 124 valence electrons. The summed E-state index contributed by atoms with van der Waals surface area (Å²) < 4.78 is 12.0. The van der Waals surface area contributed by atoms with Crippen LogP contribution in [0.4, 0.5) is 0 Å². The predicted octanol–water partition coefficient (Wildman–Crippen LogP) is 2.26. The van der Waals surface area contributed by atoms with Crippen molar-refractivity contribution in [2.75, 3.05) is 52.7 Å². The molecule has 0 spiro atoms. The van der Waals surface area contributed by atoms with Crippen molar-refractivity contribution in [1.82, 2.24) is 9.80 Å². The molecule has 0 atom stereocenters. The molecule has 0 aromatic heterocycles. The molecule has 0 aromatic rings. The first kappa shape index (κ1) is 17.4. The third-order valence-corrected chi connectivity index (χ3v) is 8.77. The maximum absolute atomic E-state index is 5.98. The van der Waals surface area contributed by atoms with Crippen LogP contribution in [0, 0.1) is 11.8 Å². The van der Waals surface area contributed by atoms with E-state index in [4.69, 9.17) is 8.85 Å². The van der Waals surface area contributed by atoms with E-state index in [-0.39, 0.29) is 0 Å². The van der Waals surface area contributed by atoms with Gasteiger partial charge in [0.1, 0.15) is 0 Å². The normalized spacial score (nSPS) is 24.6. The fourth-order valence-corrected chi connectivity index (χ4v) is 6.29. The summed E-state index contributed by atoms with van der Waals surface area (Å²) in [6.07, 6.45) is 7.33. The molecule has 0 radical (unpaired) electrons. The first-order chi connectivity index (χ1) is 10.1. The average molecular weight is 315 g/mol. The summed E-state index contributed by atoms with van der Waals surface area (Å²) in [4.78, 5) is 5.15. The minimum absolute atomic E-state index is 0.881. The number of rotatable bonds is 6. The molecule has 0 aliphatic carbocycles. The van der Waals surface area contributed by atoms with Crippen LogP contribution in [0.3, 0.4) is 0 Å². The maximum Gasteiger partial charge on any atom is 0.366 e. The van der Waals surface area contributed by atoms with Crippen molar-refractivity contribution in [3.05, 3.63) is 0 Å². The summed E-state index contributed by atoms with van der Waals surface area (Å²) >= 11 is 0. The van der Waals surface area contributed by atoms with Crippen LogP contribution < -0.4 is 0 Å². The molecule has 0 unspecified atom stereocenters. The van der Waals surface area contributed by atoms with Gasteiger partial charge in [-0.1, -0.05) is 13.8 Å². The van der Waals surface area contributed by atoms with Crippen LogP contribution in [0.15, 0.2) is 0 Å². The Balaban J connectivity index is 1.89. The molecule has 2 fully saturated rings. The molecule has 2 rings (SSSR count). The zero-order chi connectivity index (χ0) is 15.3.